The number of sulfonamides is 1. The molecular formula is C11H16ClFN2O2S. The van der Waals surface area contributed by atoms with Gasteiger partial charge in [0.05, 0.1) is 5.02 Å². The van der Waals surface area contributed by atoms with Gasteiger partial charge in [0.25, 0.3) is 0 Å². The lowest BCUT2D eigenvalue weighted by atomic mass is 10.1. The predicted molar refractivity (Wildman–Crippen MR) is 69.4 cm³/mol. The van der Waals surface area contributed by atoms with Crippen molar-refractivity contribution in [2.75, 3.05) is 6.54 Å². The average Bonchev–Trinajstić information content (AvgIpc) is 2.29. The molecule has 3 N–H and O–H groups in total. The Morgan fingerprint density at radius 1 is 1.44 bits per heavy atom. The third-order valence-electron chi connectivity index (χ3n) is 2.55. The largest absolute Gasteiger partial charge is 0.326 e. The Morgan fingerprint density at radius 3 is 2.61 bits per heavy atom. The van der Waals surface area contributed by atoms with E-state index >= 15 is 0 Å². The molecule has 0 aliphatic carbocycles. The van der Waals surface area contributed by atoms with Crippen molar-refractivity contribution in [2.45, 2.75) is 24.8 Å². The van der Waals surface area contributed by atoms with Crippen LogP contribution in [0, 0.1) is 11.7 Å². The molecule has 0 heterocycles. The number of hydrogen-bond acceptors (Lipinski definition) is 3. The lowest BCUT2D eigenvalue weighted by Gasteiger charge is -2.16. The fourth-order valence-electron chi connectivity index (χ4n) is 1.20. The van der Waals surface area contributed by atoms with E-state index in [9.17, 15) is 12.8 Å². The highest BCUT2D eigenvalue weighted by Crippen LogP contribution is 2.21. The lowest BCUT2D eigenvalue weighted by molar-refractivity contribution is 0.481. The van der Waals surface area contributed by atoms with Gasteiger partial charge in [-0.1, -0.05) is 25.4 Å². The zero-order valence-corrected chi connectivity index (χ0v) is 11.7. The maximum absolute atomic E-state index is 13.0. The van der Waals surface area contributed by atoms with Gasteiger partial charge in [-0.25, -0.2) is 17.5 Å². The lowest BCUT2D eigenvalue weighted by Crippen LogP contribution is -2.40. The summed E-state index contributed by atoms with van der Waals surface area (Å²) in [5.74, 6) is -0.524. The third kappa shape index (κ3) is 3.91. The van der Waals surface area contributed by atoms with Crippen LogP contribution in [-0.2, 0) is 10.0 Å². The molecule has 1 aromatic rings. The first-order valence-corrected chi connectivity index (χ1v) is 7.30. The van der Waals surface area contributed by atoms with Gasteiger partial charge >= 0.3 is 0 Å². The summed E-state index contributed by atoms with van der Waals surface area (Å²) in [5.41, 5.74) is 5.74. The van der Waals surface area contributed by atoms with Crippen molar-refractivity contribution in [3.8, 4) is 0 Å². The number of nitrogens with two attached hydrogens (primary N) is 1. The molecule has 0 radical (unpaired) electrons. The van der Waals surface area contributed by atoms with Crippen molar-refractivity contribution in [2.24, 2.45) is 11.7 Å². The number of benzene rings is 1. The van der Waals surface area contributed by atoms with E-state index in [0.717, 1.165) is 12.1 Å². The number of halogens is 2. The van der Waals surface area contributed by atoms with Crippen LogP contribution in [-0.4, -0.2) is 21.0 Å². The highest BCUT2D eigenvalue weighted by Gasteiger charge is 2.20. The second kappa shape index (κ2) is 5.97. The highest BCUT2D eigenvalue weighted by molar-refractivity contribution is 7.89. The Balaban J connectivity index is 2.90. The first-order valence-electron chi connectivity index (χ1n) is 5.44. The minimum Gasteiger partial charge on any atom is -0.326 e. The Labute approximate surface area is 111 Å². The maximum Gasteiger partial charge on any atom is 0.242 e. The molecule has 0 aliphatic heterocycles. The molecule has 1 atom stereocenters. The van der Waals surface area contributed by atoms with Crippen LogP contribution in [0.15, 0.2) is 23.1 Å². The fourth-order valence-corrected chi connectivity index (χ4v) is 2.78. The summed E-state index contributed by atoms with van der Waals surface area (Å²) < 4.78 is 39.2. The zero-order chi connectivity index (χ0) is 13.9. The molecule has 102 valence electrons. The monoisotopic (exact) mass is 294 g/mol. The van der Waals surface area contributed by atoms with Gasteiger partial charge in [-0.15, -0.1) is 0 Å². The Morgan fingerprint density at radius 2 is 2.06 bits per heavy atom. The van der Waals surface area contributed by atoms with Crippen molar-refractivity contribution in [1.29, 1.82) is 0 Å². The Hall–Kier alpha value is -0.690. The summed E-state index contributed by atoms with van der Waals surface area (Å²) in [6, 6.07) is 2.87. The molecule has 18 heavy (non-hydrogen) atoms. The van der Waals surface area contributed by atoms with Crippen LogP contribution in [0.25, 0.3) is 0 Å². The zero-order valence-electron chi connectivity index (χ0n) is 10.2. The number of rotatable bonds is 5. The van der Waals surface area contributed by atoms with E-state index in [1.165, 1.54) is 6.07 Å². The molecular weight excluding hydrogens is 279 g/mol. The van der Waals surface area contributed by atoms with E-state index in [1.807, 2.05) is 13.8 Å². The van der Waals surface area contributed by atoms with E-state index in [2.05, 4.69) is 4.72 Å². The van der Waals surface area contributed by atoms with Gasteiger partial charge in [0.15, 0.2) is 0 Å². The minimum absolute atomic E-state index is 0.0259. The summed E-state index contributed by atoms with van der Waals surface area (Å²) in [4.78, 5) is -0.278. The van der Waals surface area contributed by atoms with Gasteiger partial charge in [-0.3, -0.25) is 0 Å². The average molecular weight is 295 g/mol. The van der Waals surface area contributed by atoms with E-state index in [-0.39, 0.29) is 28.4 Å². The van der Waals surface area contributed by atoms with Crippen LogP contribution >= 0.6 is 11.6 Å². The Bertz CT molecular complexity index is 520. The third-order valence-corrected chi connectivity index (χ3v) is 4.45. The first kappa shape index (κ1) is 15.4. The second-order valence-corrected chi connectivity index (χ2v) is 6.48. The number of hydrogen-bond donors (Lipinski definition) is 2. The van der Waals surface area contributed by atoms with Crippen LogP contribution in [0.1, 0.15) is 13.8 Å². The highest BCUT2D eigenvalue weighted by atomic mass is 35.5. The van der Waals surface area contributed by atoms with E-state index in [4.69, 9.17) is 17.3 Å². The van der Waals surface area contributed by atoms with Crippen LogP contribution < -0.4 is 10.5 Å². The maximum atomic E-state index is 13.0. The summed E-state index contributed by atoms with van der Waals surface area (Å²) in [7, 11) is -3.84. The van der Waals surface area contributed by atoms with Gasteiger partial charge in [0, 0.05) is 12.6 Å². The molecule has 7 heteroatoms. The van der Waals surface area contributed by atoms with Gasteiger partial charge in [-0.05, 0) is 24.1 Å². The van der Waals surface area contributed by atoms with Crippen molar-refractivity contribution >= 4 is 21.6 Å². The summed E-state index contributed by atoms with van der Waals surface area (Å²) in [6.45, 7) is 3.84. The van der Waals surface area contributed by atoms with E-state index in [0.29, 0.717) is 0 Å². The molecule has 0 saturated carbocycles. The van der Waals surface area contributed by atoms with Gasteiger partial charge in [0.2, 0.25) is 10.0 Å². The van der Waals surface area contributed by atoms with Crippen LogP contribution in [0.5, 0.6) is 0 Å². The van der Waals surface area contributed by atoms with E-state index < -0.39 is 15.8 Å². The van der Waals surface area contributed by atoms with Crippen LogP contribution in [0.3, 0.4) is 0 Å². The normalized spacial score (nSPS) is 13.9. The molecule has 0 amide bonds. The molecule has 0 spiro atoms. The van der Waals surface area contributed by atoms with Crippen molar-refractivity contribution in [1.82, 2.24) is 4.72 Å². The fraction of sp³-hybridized carbons (Fsp3) is 0.455. The molecule has 4 nitrogen and oxygen atoms in total. The molecule has 1 rings (SSSR count). The summed E-state index contributed by atoms with van der Waals surface area (Å²) in [5, 5.41) is -0.0259. The SMILES string of the molecule is CC(C)C(N)CNS(=O)(=O)c1cc(F)ccc1Cl. The Kier molecular flexibility index (Phi) is 5.10. The van der Waals surface area contributed by atoms with Gasteiger partial charge in [0.1, 0.15) is 10.7 Å². The molecule has 1 unspecified atom stereocenters. The topological polar surface area (TPSA) is 72.2 Å². The molecule has 0 bridgehead atoms. The van der Waals surface area contributed by atoms with Crippen molar-refractivity contribution < 1.29 is 12.8 Å². The quantitative estimate of drug-likeness (QED) is 0.869. The van der Waals surface area contributed by atoms with Crippen molar-refractivity contribution in [3.05, 3.63) is 29.0 Å². The van der Waals surface area contributed by atoms with Crippen LogP contribution in [0.4, 0.5) is 4.39 Å². The molecule has 0 aliphatic rings. The second-order valence-electron chi connectivity index (χ2n) is 4.33. The molecule has 1 aromatic carbocycles. The van der Waals surface area contributed by atoms with Crippen LogP contribution in [0.2, 0.25) is 5.02 Å². The smallest absolute Gasteiger partial charge is 0.242 e. The molecule has 0 aromatic heterocycles. The molecule has 0 fully saturated rings. The minimum atomic E-state index is -3.84. The predicted octanol–water partition coefficient (Wildman–Crippen LogP) is 1.74. The standard InChI is InChI=1S/C11H16ClFN2O2S/c1-7(2)10(14)6-15-18(16,17)11-5-8(13)3-4-9(11)12/h3-5,7,10,15H,6,14H2,1-2H3. The number of nitrogens with one attached hydrogen (secondary N) is 1. The summed E-state index contributed by atoms with van der Waals surface area (Å²) >= 11 is 5.74. The summed E-state index contributed by atoms with van der Waals surface area (Å²) in [6.07, 6.45) is 0. The van der Waals surface area contributed by atoms with Gasteiger partial charge < -0.3 is 5.73 Å². The first-order chi connectivity index (χ1) is 8.24. The van der Waals surface area contributed by atoms with Gasteiger partial charge in [-0.2, -0.15) is 0 Å². The van der Waals surface area contributed by atoms with E-state index in [1.54, 1.807) is 0 Å². The van der Waals surface area contributed by atoms with Crippen molar-refractivity contribution in [3.63, 3.8) is 0 Å². The molecule has 0 saturated heterocycles.